The van der Waals surface area contributed by atoms with Crippen LogP contribution in [0.4, 0.5) is 0 Å². The highest BCUT2D eigenvalue weighted by Gasteiger charge is 2.10. The van der Waals surface area contributed by atoms with Crippen molar-refractivity contribution in [3.8, 4) is 17.5 Å². The van der Waals surface area contributed by atoms with Crippen molar-refractivity contribution in [2.24, 2.45) is 0 Å². The van der Waals surface area contributed by atoms with Crippen LogP contribution in [0.5, 0.6) is 0 Å². The lowest BCUT2D eigenvalue weighted by atomic mass is 10.2. The molecule has 0 fully saturated rings. The Kier molecular flexibility index (Phi) is 4.18. The topological polar surface area (TPSA) is 30.7 Å². The second-order valence-corrected chi connectivity index (χ2v) is 5.77. The van der Waals surface area contributed by atoms with Crippen LogP contribution in [0.3, 0.4) is 0 Å². The van der Waals surface area contributed by atoms with Crippen LogP contribution in [-0.2, 0) is 0 Å². The third-order valence-electron chi connectivity index (χ3n) is 3.62. The van der Waals surface area contributed by atoms with Gasteiger partial charge in [0.2, 0.25) is 0 Å². The lowest BCUT2D eigenvalue weighted by Crippen LogP contribution is -1.99. The third kappa shape index (κ3) is 3.28. The van der Waals surface area contributed by atoms with Crippen LogP contribution >= 0.6 is 11.6 Å². The molecule has 23 heavy (non-hydrogen) atoms. The number of pyridine rings is 1. The fraction of sp³-hybridized carbons (Fsp3) is 0.158. The second kappa shape index (κ2) is 6.28. The molecule has 0 N–H and O–H groups in total. The van der Waals surface area contributed by atoms with E-state index in [2.05, 4.69) is 57.6 Å². The number of hydrogen-bond donors (Lipinski definition) is 0. The zero-order valence-electron chi connectivity index (χ0n) is 13.3. The third-order valence-corrected chi connectivity index (χ3v) is 3.83. The lowest BCUT2D eigenvalue weighted by molar-refractivity contribution is 0.940. The Morgan fingerprint density at radius 1 is 1.00 bits per heavy atom. The van der Waals surface area contributed by atoms with Crippen molar-refractivity contribution in [1.29, 1.82) is 0 Å². The molecule has 0 aliphatic heterocycles. The van der Waals surface area contributed by atoms with E-state index in [0.717, 1.165) is 28.5 Å². The van der Waals surface area contributed by atoms with Gasteiger partial charge in [-0.25, -0.2) is 9.97 Å². The van der Waals surface area contributed by atoms with Gasteiger partial charge in [-0.05, 0) is 51.0 Å². The van der Waals surface area contributed by atoms with Crippen LogP contribution in [0.1, 0.15) is 28.3 Å². The summed E-state index contributed by atoms with van der Waals surface area (Å²) >= 11 is 5.88. The van der Waals surface area contributed by atoms with Crippen LogP contribution < -0.4 is 0 Å². The van der Waals surface area contributed by atoms with Gasteiger partial charge in [-0.1, -0.05) is 35.2 Å². The molecule has 2 aromatic heterocycles. The van der Waals surface area contributed by atoms with Crippen molar-refractivity contribution < 1.29 is 0 Å². The summed E-state index contributed by atoms with van der Waals surface area (Å²) in [6.07, 6.45) is 1.65. The molecular weight excluding hydrogens is 306 g/mol. The van der Waals surface area contributed by atoms with E-state index >= 15 is 0 Å². The minimum atomic E-state index is 0.440. The highest BCUT2D eigenvalue weighted by Crippen LogP contribution is 2.18. The fourth-order valence-corrected chi connectivity index (χ4v) is 2.62. The molecule has 0 atom stereocenters. The van der Waals surface area contributed by atoms with Crippen molar-refractivity contribution in [3.63, 3.8) is 0 Å². The molecule has 3 rings (SSSR count). The summed E-state index contributed by atoms with van der Waals surface area (Å²) < 4.78 is 2.11. The van der Waals surface area contributed by atoms with Crippen LogP contribution in [-0.4, -0.2) is 14.5 Å². The minimum Gasteiger partial charge on any atom is -0.300 e. The first-order valence-corrected chi connectivity index (χ1v) is 7.69. The maximum Gasteiger partial charge on any atom is 0.135 e. The molecular formula is C19H16ClN3. The highest BCUT2D eigenvalue weighted by atomic mass is 35.5. The number of hydrogen-bond acceptors (Lipinski definition) is 2. The van der Waals surface area contributed by atoms with Crippen molar-refractivity contribution >= 4 is 11.6 Å². The van der Waals surface area contributed by atoms with Crippen molar-refractivity contribution in [1.82, 2.24) is 14.5 Å². The molecule has 114 valence electrons. The van der Waals surface area contributed by atoms with Gasteiger partial charge < -0.3 is 0 Å². The molecule has 1 aromatic carbocycles. The summed E-state index contributed by atoms with van der Waals surface area (Å²) in [6.45, 7) is 6.10. The summed E-state index contributed by atoms with van der Waals surface area (Å²) in [5.41, 5.74) is 4.96. The van der Waals surface area contributed by atoms with Gasteiger partial charge in [-0.2, -0.15) is 0 Å². The van der Waals surface area contributed by atoms with Crippen molar-refractivity contribution in [2.45, 2.75) is 20.8 Å². The maximum atomic E-state index is 5.88. The van der Waals surface area contributed by atoms with E-state index in [1.807, 2.05) is 19.9 Å². The number of benzene rings is 1. The molecule has 2 heterocycles. The van der Waals surface area contributed by atoms with Gasteiger partial charge in [-0.15, -0.1) is 0 Å². The maximum absolute atomic E-state index is 5.88. The molecule has 3 aromatic rings. The zero-order valence-corrected chi connectivity index (χ0v) is 14.0. The Balaban J connectivity index is 2.00. The highest BCUT2D eigenvalue weighted by molar-refractivity contribution is 6.29. The fourth-order valence-electron chi connectivity index (χ4n) is 2.45. The van der Waals surface area contributed by atoms with Crippen molar-refractivity contribution in [2.75, 3.05) is 0 Å². The van der Waals surface area contributed by atoms with E-state index < -0.39 is 0 Å². The Bertz CT molecular complexity index is 912. The molecule has 0 spiro atoms. The van der Waals surface area contributed by atoms with E-state index in [-0.39, 0.29) is 0 Å². The van der Waals surface area contributed by atoms with Gasteiger partial charge in [0.15, 0.2) is 0 Å². The minimum absolute atomic E-state index is 0.440. The van der Waals surface area contributed by atoms with Crippen LogP contribution in [0.15, 0.2) is 42.6 Å². The quantitative estimate of drug-likeness (QED) is 0.495. The first-order valence-electron chi connectivity index (χ1n) is 7.31. The second-order valence-electron chi connectivity index (χ2n) is 5.38. The number of nitrogens with zero attached hydrogens (tertiary/aromatic N) is 3. The van der Waals surface area contributed by atoms with E-state index in [1.165, 1.54) is 5.56 Å². The Labute approximate surface area is 141 Å². The average Bonchev–Trinajstić information content (AvgIpc) is 2.81. The van der Waals surface area contributed by atoms with Gasteiger partial charge in [-0.3, -0.25) is 4.57 Å². The number of rotatable bonds is 1. The molecule has 4 heteroatoms. The largest absolute Gasteiger partial charge is 0.300 e. The number of aromatic nitrogens is 3. The molecule has 0 bridgehead atoms. The standard InChI is InChI=1S/C19H16ClN3/c1-13-4-7-17(8-5-13)23-14(2)18(22-15(23)3)9-6-16-10-11-21-19(20)12-16/h4-5,7-8,10-12H,1-3H3. The molecule has 0 aliphatic carbocycles. The van der Waals surface area contributed by atoms with Gasteiger partial charge in [0.1, 0.15) is 16.7 Å². The number of halogens is 1. The molecule has 0 unspecified atom stereocenters. The Morgan fingerprint density at radius 3 is 2.43 bits per heavy atom. The summed E-state index contributed by atoms with van der Waals surface area (Å²) in [4.78, 5) is 8.54. The molecule has 0 saturated heterocycles. The number of aryl methyl sites for hydroxylation is 2. The average molecular weight is 322 g/mol. The predicted octanol–water partition coefficient (Wildman–Crippen LogP) is 4.25. The van der Waals surface area contributed by atoms with E-state index in [9.17, 15) is 0 Å². The first kappa shape index (κ1) is 15.3. The van der Waals surface area contributed by atoms with E-state index in [1.54, 1.807) is 12.3 Å². The summed E-state index contributed by atoms with van der Waals surface area (Å²) in [7, 11) is 0. The summed E-state index contributed by atoms with van der Waals surface area (Å²) in [5.74, 6) is 7.14. The smallest absolute Gasteiger partial charge is 0.135 e. The Hall–Kier alpha value is -2.57. The molecule has 0 aliphatic rings. The molecule has 0 saturated carbocycles. The normalized spacial score (nSPS) is 10.3. The van der Waals surface area contributed by atoms with Crippen LogP contribution in [0, 0.1) is 32.6 Å². The zero-order chi connectivity index (χ0) is 16.4. The predicted molar refractivity (Wildman–Crippen MR) is 93.0 cm³/mol. The summed E-state index contributed by atoms with van der Waals surface area (Å²) in [6, 6.07) is 12.0. The molecule has 0 radical (unpaired) electrons. The molecule has 3 nitrogen and oxygen atoms in total. The lowest BCUT2D eigenvalue weighted by Gasteiger charge is -2.07. The number of imidazole rings is 1. The summed E-state index contributed by atoms with van der Waals surface area (Å²) in [5, 5.41) is 0.440. The van der Waals surface area contributed by atoms with Gasteiger partial charge in [0.25, 0.3) is 0 Å². The monoisotopic (exact) mass is 321 g/mol. The van der Waals surface area contributed by atoms with Crippen molar-refractivity contribution in [3.05, 3.63) is 76.1 Å². The first-order chi connectivity index (χ1) is 11.0. The Morgan fingerprint density at radius 2 is 1.74 bits per heavy atom. The van der Waals surface area contributed by atoms with Gasteiger partial charge in [0.05, 0.1) is 5.69 Å². The van der Waals surface area contributed by atoms with Crippen LogP contribution in [0.2, 0.25) is 5.15 Å². The SMILES string of the molecule is Cc1ccc(-n2c(C)nc(C#Cc3ccnc(Cl)c3)c2C)cc1. The van der Waals surface area contributed by atoms with E-state index in [0.29, 0.717) is 5.15 Å². The van der Waals surface area contributed by atoms with Crippen LogP contribution in [0.25, 0.3) is 5.69 Å². The van der Waals surface area contributed by atoms with Gasteiger partial charge >= 0.3 is 0 Å². The molecule has 0 amide bonds. The van der Waals surface area contributed by atoms with E-state index in [4.69, 9.17) is 11.6 Å². The van der Waals surface area contributed by atoms with Gasteiger partial charge in [0, 0.05) is 17.4 Å².